The second-order valence-corrected chi connectivity index (χ2v) is 7.65. The molecule has 1 fully saturated rings. The number of hydrogen-bond donors (Lipinski definition) is 2. The molecule has 0 radical (unpaired) electrons. The summed E-state index contributed by atoms with van der Waals surface area (Å²) in [4.78, 5) is 8.35. The van der Waals surface area contributed by atoms with Crippen LogP contribution in [0.4, 0.5) is 0 Å². The Morgan fingerprint density at radius 1 is 1.38 bits per heavy atom. The first-order valence-corrected chi connectivity index (χ1v) is 9.45. The van der Waals surface area contributed by atoms with Crippen molar-refractivity contribution in [2.75, 3.05) is 33.4 Å². The molecule has 1 aromatic heterocycles. The standard InChI is InChI=1S/C18H17N3O3S2/c1-23-13-3-2-11-8-12(9-15-17(22)20-18(25)26-15)16(19-14(11)10-13)21-4-6-24-7-5-21/h2-3,8-10H,4-7H2,1H3,(H,20,22,25)/p+1. The number of benzene rings is 1. The molecule has 2 aliphatic rings. The zero-order chi connectivity index (χ0) is 18.1. The Morgan fingerprint density at radius 2 is 2.19 bits per heavy atom. The minimum atomic E-state index is 0.0859. The van der Waals surface area contributed by atoms with E-state index in [1.165, 1.54) is 11.3 Å². The summed E-state index contributed by atoms with van der Waals surface area (Å²) < 4.78 is 13.5. The van der Waals surface area contributed by atoms with E-state index in [4.69, 9.17) is 26.7 Å². The van der Waals surface area contributed by atoms with Crippen molar-refractivity contribution in [3.63, 3.8) is 0 Å². The van der Waals surface area contributed by atoms with E-state index in [0.717, 1.165) is 40.8 Å². The Morgan fingerprint density at radius 3 is 2.88 bits per heavy atom. The van der Waals surface area contributed by atoms with Crippen molar-refractivity contribution in [2.24, 2.45) is 4.99 Å². The van der Waals surface area contributed by atoms with Crippen molar-refractivity contribution >= 4 is 41.5 Å². The lowest BCUT2D eigenvalue weighted by atomic mass is 10.1. The van der Waals surface area contributed by atoms with Gasteiger partial charge in [-0.15, -0.1) is 11.3 Å². The Balaban J connectivity index is 1.93. The molecule has 4 rings (SSSR count). The molecule has 2 aliphatic heterocycles. The molecule has 26 heavy (non-hydrogen) atoms. The van der Waals surface area contributed by atoms with Crippen molar-refractivity contribution in [1.29, 1.82) is 0 Å². The fourth-order valence-corrected chi connectivity index (χ4v) is 4.03. The van der Waals surface area contributed by atoms with Crippen molar-refractivity contribution < 1.29 is 19.2 Å². The van der Waals surface area contributed by atoms with Gasteiger partial charge in [0.1, 0.15) is 18.8 Å². The maximum absolute atomic E-state index is 10.1. The number of H-pyrrole nitrogens is 1. The summed E-state index contributed by atoms with van der Waals surface area (Å²) in [6.45, 7) is 2.90. The summed E-state index contributed by atoms with van der Waals surface area (Å²) in [5.74, 6) is 1.73. The van der Waals surface area contributed by atoms with Crippen LogP contribution in [0.2, 0.25) is 0 Å². The molecule has 3 heterocycles. The number of fused-ring (bicyclic) bond motifs is 1. The Labute approximate surface area is 159 Å². The van der Waals surface area contributed by atoms with Gasteiger partial charge >= 0.3 is 5.84 Å². The number of aromatic amines is 1. The number of aromatic nitrogens is 1. The van der Waals surface area contributed by atoms with Gasteiger partial charge < -0.3 is 19.6 Å². The summed E-state index contributed by atoms with van der Waals surface area (Å²) in [5.41, 5.74) is 0.935. The topological polar surface area (TPSA) is 69.8 Å². The summed E-state index contributed by atoms with van der Waals surface area (Å²) >= 11 is 6.46. The molecule has 0 atom stereocenters. The smallest absolute Gasteiger partial charge is 0.326 e. The number of rotatable bonds is 2. The van der Waals surface area contributed by atoms with Crippen LogP contribution in [0.25, 0.3) is 12.2 Å². The minimum Gasteiger partial charge on any atom is -0.497 e. The first-order valence-electron chi connectivity index (χ1n) is 8.22. The molecule has 0 bridgehead atoms. The first kappa shape index (κ1) is 17.1. The predicted molar refractivity (Wildman–Crippen MR) is 103 cm³/mol. The van der Waals surface area contributed by atoms with Gasteiger partial charge in [-0.1, -0.05) is 0 Å². The van der Waals surface area contributed by atoms with Crippen LogP contribution in [-0.2, 0) is 4.74 Å². The van der Waals surface area contributed by atoms with Crippen LogP contribution in [0.15, 0.2) is 28.8 Å². The van der Waals surface area contributed by atoms with Gasteiger partial charge in [0.25, 0.3) is 0 Å². The Kier molecular flexibility index (Phi) is 4.71. The summed E-state index contributed by atoms with van der Waals surface area (Å²) in [7, 11) is 1.65. The molecule has 1 aromatic carbocycles. The van der Waals surface area contributed by atoms with Crippen molar-refractivity contribution in [3.8, 4) is 11.6 Å². The van der Waals surface area contributed by atoms with E-state index in [1.807, 2.05) is 24.3 Å². The number of aromatic hydroxyl groups is 1. The number of amidine groups is 1. The molecule has 6 nitrogen and oxygen atoms in total. The van der Waals surface area contributed by atoms with Crippen LogP contribution in [0.1, 0.15) is 4.88 Å². The molecule has 0 saturated carbocycles. The number of nitrogens with zero attached hydrogens (tertiary/aromatic N) is 2. The molecular weight excluding hydrogens is 370 g/mol. The van der Waals surface area contributed by atoms with Crippen LogP contribution in [0.3, 0.4) is 0 Å². The first-order chi connectivity index (χ1) is 12.6. The number of ether oxygens (including phenoxy) is 2. The number of methoxy groups -OCH3 is 1. The average Bonchev–Trinajstić information content (AvgIpc) is 2.98. The molecule has 0 spiro atoms. The van der Waals surface area contributed by atoms with Crippen LogP contribution in [0.5, 0.6) is 11.6 Å². The summed E-state index contributed by atoms with van der Waals surface area (Å²) in [5, 5.41) is 11.9. The molecule has 134 valence electrons. The van der Waals surface area contributed by atoms with E-state index in [-0.39, 0.29) is 5.88 Å². The molecule has 2 aromatic rings. The third-order valence-corrected chi connectivity index (χ3v) is 5.46. The fourth-order valence-electron chi connectivity index (χ4n) is 2.99. The number of hydrogen-bond acceptors (Lipinski definition) is 5. The maximum Gasteiger partial charge on any atom is 0.326 e. The van der Waals surface area contributed by atoms with Gasteiger partial charge in [0.2, 0.25) is 5.88 Å². The van der Waals surface area contributed by atoms with Gasteiger partial charge in [-0.3, -0.25) is 4.58 Å². The number of nitrogens with one attached hydrogen (secondary N) is 1. The van der Waals surface area contributed by atoms with E-state index < -0.39 is 0 Å². The van der Waals surface area contributed by atoms with Gasteiger partial charge in [0, 0.05) is 11.3 Å². The van der Waals surface area contributed by atoms with Gasteiger partial charge in [0.05, 0.1) is 30.8 Å². The van der Waals surface area contributed by atoms with Crippen LogP contribution < -0.4 is 15.3 Å². The third kappa shape index (κ3) is 3.35. The maximum atomic E-state index is 10.1. The Bertz CT molecular complexity index is 1090. The number of morpholine rings is 1. The summed E-state index contributed by atoms with van der Waals surface area (Å²) in [6.07, 6.45) is 4.00. The monoisotopic (exact) mass is 388 g/mol. The second kappa shape index (κ2) is 7.14. The van der Waals surface area contributed by atoms with Gasteiger partial charge in [-0.2, -0.15) is 0 Å². The predicted octanol–water partition coefficient (Wildman–Crippen LogP) is 1.46. The lowest BCUT2D eigenvalue weighted by molar-refractivity contribution is -0.549. The van der Waals surface area contributed by atoms with Crippen LogP contribution >= 0.6 is 23.6 Å². The molecule has 0 aliphatic carbocycles. The fraction of sp³-hybridized carbons (Fsp3) is 0.278. The highest BCUT2D eigenvalue weighted by Gasteiger charge is 2.24. The lowest BCUT2D eigenvalue weighted by Gasteiger charge is -2.16. The van der Waals surface area contributed by atoms with E-state index in [2.05, 4.69) is 15.6 Å². The zero-order valence-electron chi connectivity index (χ0n) is 14.2. The van der Waals surface area contributed by atoms with Gasteiger partial charge in [-0.05, 0) is 41.5 Å². The zero-order valence-corrected chi connectivity index (χ0v) is 15.8. The SMILES string of the molecule is COc1ccc2c(c1)=NC(=[N+]1CCOCC1)/C(=C/c1sc(=S)[nH]c1O)C=2. The summed E-state index contributed by atoms with van der Waals surface area (Å²) in [6, 6.07) is 5.83. The van der Waals surface area contributed by atoms with E-state index >= 15 is 0 Å². The average molecular weight is 388 g/mol. The van der Waals surface area contributed by atoms with Crippen LogP contribution in [0, 0.1) is 3.95 Å². The molecule has 0 amide bonds. The van der Waals surface area contributed by atoms with Gasteiger partial charge in [-0.25, -0.2) is 0 Å². The van der Waals surface area contributed by atoms with Crippen molar-refractivity contribution in [3.05, 3.63) is 43.2 Å². The van der Waals surface area contributed by atoms with Gasteiger partial charge in [0.15, 0.2) is 9.31 Å². The highest BCUT2D eigenvalue weighted by atomic mass is 32.1. The van der Waals surface area contributed by atoms with E-state index in [1.54, 1.807) is 7.11 Å². The second-order valence-electron chi connectivity index (χ2n) is 5.93. The van der Waals surface area contributed by atoms with Crippen molar-refractivity contribution in [2.45, 2.75) is 0 Å². The third-order valence-electron chi connectivity index (χ3n) is 4.29. The molecule has 2 N–H and O–H groups in total. The molecule has 1 saturated heterocycles. The largest absolute Gasteiger partial charge is 0.497 e. The van der Waals surface area contributed by atoms with E-state index in [0.29, 0.717) is 22.0 Å². The molecular formula is C18H18N3O3S2+. The normalized spacial score (nSPS) is 18.3. The highest BCUT2D eigenvalue weighted by Crippen LogP contribution is 2.25. The molecule has 8 heteroatoms. The van der Waals surface area contributed by atoms with Crippen molar-refractivity contribution in [1.82, 2.24) is 4.98 Å². The lowest BCUT2D eigenvalue weighted by Crippen LogP contribution is -2.38. The number of thiazole rings is 1. The quantitative estimate of drug-likeness (QED) is 0.604. The van der Waals surface area contributed by atoms with E-state index in [9.17, 15) is 5.11 Å². The van der Waals surface area contributed by atoms with Crippen LogP contribution in [-0.4, -0.2) is 53.9 Å². The molecule has 0 unspecified atom stereocenters. The Hall–Kier alpha value is -2.29. The minimum absolute atomic E-state index is 0.0859. The highest BCUT2D eigenvalue weighted by molar-refractivity contribution is 7.73.